The van der Waals surface area contributed by atoms with Crippen LogP contribution >= 0.6 is 0 Å². The van der Waals surface area contributed by atoms with Crippen molar-refractivity contribution < 1.29 is 4.79 Å². The second kappa shape index (κ2) is 3.91. The number of nitrogens with two attached hydrogens (primary N) is 2. The molecule has 0 spiro atoms. The Balaban J connectivity index is 2.65. The topological polar surface area (TPSA) is 81.1 Å². The third-order valence-corrected chi connectivity index (χ3v) is 1.59. The summed E-state index contributed by atoms with van der Waals surface area (Å²) in [7, 11) is 0. The number of hydrogen-bond donors (Lipinski definition) is 3. The van der Waals surface area contributed by atoms with E-state index in [0.717, 1.165) is 0 Å². The van der Waals surface area contributed by atoms with Crippen LogP contribution in [0.1, 0.15) is 6.92 Å². The molecule has 5 N–H and O–H groups in total. The Morgan fingerprint density at radius 1 is 1.38 bits per heavy atom. The fourth-order valence-electron chi connectivity index (χ4n) is 0.823. The molecule has 0 saturated carbocycles. The third kappa shape index (κ3) is 2.76. The van der Waals surface area contributed by atoms with E-state index >= 15 is 0 Å². The number of carbonyl (C=O) groups is 1. The lowest BCUT2D eigenvalue weighted by molar-refractivity contribution is -0.117. The smallest absolute Gasteiger partial charge is 0.240 e. The zero-order chi connectivity index (χ0) is 9.84. The maximum Gasteiger partial charge on any atom is 0.240 e. The lowest BCUT2D eigenvalue weighted by Gasteiger charge is -2.07. The standard InChI is InChI=1S/C9H13N3O/c1-6(10)9(13)12-8-4-2-7(11)3-5-8/h2-6H,10-11H2,1H3,(H,12,13). The number of rotatable bonds is 2. The van der Waals surface area contributed by atoms with Gasteiger partial charge >= 0.3 is 0 Å². The van der Waals surface area contributed by atoms with E-state index in [1.165, 1.54) is 0 Å². The number of hydrogen-bond acceptors (Lipinski definition) is 3. The van der Waals surface area contributed by atoms with Crippen molar-refractivity contribution in [2.24, 2.45) is 5.73 Å². The van der Waals surface area contributed by atoms with E-state index < -0.39 is 6.04 Å². The van der Waals surface area contributed by atoms with Gasteiger partial charge in [-0.15, -0.1) is 0 Å². The van der Waals surface area contributed by atoms with Gasteiger partial charge in [0.05, 0.1) is 6.04 Å². The van der Waals surface area contributed by atoms with Crippen molar-refractivity contribution in [2.45, 2.75) is 13.0 Å². The van der Waals surface area contributed by atoms with Crippen LogP contribution in [0, 0.1) is 0 Å². The van der Waals surface area contributed by atoms with E-state index in [2.05, 4.69) is 5.32 Å². The molecule has 0 aromatic heterocycles. The Bertz CT molecular complexity index is 292. The third-order valence-electron chi connectivity index (χ3n) is 1.59. The molecule has 0 bridgehead atoms. The summed E-state index contributed by atoms with van der Waals surface area (Å²) < 4.78 is 0. The van der Waals surface area contributed by atoms with Gasteiger partial charge in [-0.2, -0.15) is 0 Å². The zero-order valence-electron chi connectivity index (χ0n) is 7.45. The van der Waals surface area contributed by atoms with Gasteiger partial charge < -0.3 is 16.8 Å². The minimum absolute atomic E-state index is 0.204. The van der Waals surface area contributed by atoms with E-state index in [9.17, 15) is 4.79 Å². The minimum atomic E-state index is -0.502. The highest BCUT2D eigenvalue weighted by Gasteiger charge is 2.06. The van der Waals surface area contributed by atoms with E-state index in [4.69, 9.17) is 11.5 Å². The maximum absolute atomic E-state index is 11.1. The van der Waals surface area contributed by atoms with Crippen molar-refractivity contribution in [1.82, 2.24) is 0 Å². The molecule has 4 nitrogen and oxygen atoms in total. The summed E-state index contributed by atoms with van der Waals surface area (Å²) in [5.74, 6) is -0.204. The van der Waals surface area contributed by atoms with Crippen LogP contribution in [0.25, 0.3) is 0 Å². The van der Waals surface area contributed by atoms with Crippen LogP contribution in [-0.2, 0) is 4.79 Å². The van der Waals surface area contributed by atoms with Gasteiger partial charge in [0.25, 0.3) is 0 Å². The summed E-state index contributed by atoms with van der Waals surface area (Å²) in [4.78, 5) is 11.1. The SMILES string of the molecule is CC(N)C(=O)Nc1ccc(N)cc1. The van der Waals surface area contributed by atoms with Gasteiger partial charge in [0.1, 0.15) is 0 Å². The second-order valence-corrected chi connectivity index (χ2v) is 2.90. The molecule has 13 heavy (non-hydrogen) atoms. The molecule has 0 saturated heterocycles. The predicted molar refractivity (Wildman–Crippen MR) is 53.1 cm³/mol. The second-order valence-electron chi connectivity index (χ2n) is 2.90. The average Bonchev–Trinajstić information content (AvgIpc) is 2.08. The van der Waals surface area contributed by atoms with Gasteiger partial charge in [-0.25, -0.2) is 0 Å². The van der Waals surface area contributed by atoms with Crippen LogP contribution < -0.4 is 16.8 Å². The van der Waals surface area contributed by atoms with Crippen LogP contribution in [0.3, 0.4) is 0 Å². The lowest BCUT2D eigenvalue weighted by Crippen LogP contribution is -2.32. The van der Waals surface area contributed by atoms with Crippen LogP contribution in [0.5, 0.6) is 0 Å². The molecule has 0 aliphatic heterocycles. The molecular formula is C9H13N3O. The Labute approximate surface area is 76.9 Å². The fourth-order valence-corrected chi connectivity index (χ4v) is 0.823. The summed E-state index contributed by atoms with van der Waals surface area (Å²) in [6.45, 7) is 1.63. The molecule has 1 aromatic rings. The highest BCUT2D eigenvalue weighted by Crippen LogP contribution is 2.10. The summed E-state index contributed by atoms with van der Waals surface area (Å²) in [6, 6.07) is 6.40. The monoisotopic (exact) mass is 179 g/mol. The molecule has 70 valence electrons. The first-order valence-electron chi connectivity index (χ1n) is 4.01. The number of nitrogens with one attached hydrogen (secondary N) is 1. The van der Waals surface area contributed by atoms with Crippen molar-refractivity contribution >= 4 is 17.3 Å². The Morgan fingerprint density at radius 3 is 2.38 bits per heavy atom. The summed E-state index contributed by atoms with van der Waals surface area (Å²) in [5, 5.41) is 2.65. The highest BCUT2D eigenvalue weighted by molar-refractivity contribution is 5.94. The number of amides is 1. The minimum Gasteiger partial charge on any atom is -0.399 e. The van der Waals surface area contributed by atoms with Crippen LogP contribution in [0.15, 0.2) is 24.3 Å². The Kier molecular flexibility index (Phi) is 2.87. The number of carbonyl (C=O) groups excluding carboxylic acids is 1. The summed E-state index contributed by atoms with van der Waals surface area (Å²) in [5.41, 5.74) is 12.2. The Hall–Kier alpha value is -1.55. The van der Waals surface area contributed by atoms with Crippen molar-refractivity contribution in [3.8, 4) is 0 Å². The zero-order valence-corrected chi connectivity index (χ0v) is 7.45. The molecule has 0 radical (unpaired) electrons. The van der Waals surface area contributed by atoms with Crippen LogP contribution in [-0.4, -0.2) is 11.9 Å². The molecule has 1 rings (SSSR count). The van der Waals surface area contributed by atoms with Crippen molar-refractivity contribution in [3.05, 3.63) is 24.3 Å². The van der Waals surface area contributed by atoms with Crippen LogP contribution in [0.4, 0.5) is 11.4 Å². The van der Waals surface area contributed by atoms with E-state index in [0.29, 0.717) is 11.4 Å². The molecule has 0 aliphatic rings. The van der Waals surface area contributed by atoms with Gasteiger partial charge in [0.15, 0.2) is 0 Å². The molecule has 0 aliphatic carbocycles. The van der Waals surface area contributed by atoms with Crippen molar-refractivity contribution in [2.75, 3.05) is 11.1 Å². The molecule has 4 heteroatoms. The lowest BCUT2D eigenvalue weighted by atomic mass is 10.2. The Morgan fingerprint density at radius 2 is 1.92 bits per heavy atom. The van der Waals surface area contributed by atoms with Crippen molar-refractivity contribution in [1.29, 1.82) is 0 Å². The molecule has 0 fully saturated rings. The first-order valence-corrected chi connectivity index (χ1v) is 4.01. The first kappa shape index (κ1) is 9.54. The van der Waals surface area contributed by atoms with Crippen LogP contribution in [0.2, 0.25) is 0 Å². The highest BCUT2D eigenvalue weighted by atomic mass is 16.2. The molecule has 1 atom stereocenters. The van der Waals surface area contributed by atoms with E-state index in [-0.39, 0.29) is 5.91 Å². The van der Waals surface area contributed by atoms with Gasteiger partial charge in [-0.05, 0) is 31.2 Å². The van der Waals surface area contributed by atoms with Gasteiger partial charge in [-0.1, -0.05) is 0 Å². The van der Waals surface area contributed by atoms with Gasteiger partial charge in [0, 0.05) is 11.4 Å². The molecule has 0 heterocycles. The summed E-state index contributed by atoms with van der Waals surface area (Å²) >= 11 is 0. The van der Waals surface area contributed by atoms with E-state index in [1.54, 1.807) is 31.2 Å². The van der Waals surface area contributed by atoms with Gasteiger partial charge in [0.2, 0.25) is 5.91 Å². The molecule has 1 unspecified atom stereocenters. The normalized spacial score (nSPS) is 12.2. The molecular weight excluding hydrogens is 166 g/mol. The van der Waals surface area contributed by atoms with Gasteiger partial charge in [-0.3, -0.25) is 4.79 Å². The maximum atomic E-state index is 11.1. The number of nitrogen functional groups attached to an aromatic ring is 1. The number of anilines is 2. The van der Waals surface area contributed by atoms with Crippen molar-refractivity contribution in [3.63, 3.8) is 0 Å². The quantitative estimate of drug-likeness (QED) is 0.580. The largest absolute Gasteiger partial charge is 0.399 e. The fraction of sp³-hybridized carbons (Fsp3) is 0.222. The van der Waals surface area contributed by atoms with E-state index in [1.807, 2.05) is 0 Å². The molecule has 1 amide bonds. The average molecular weight is 179 g/mol. The predicted octanol–water partition coefficient (Wildman–Crippen LogP) is 0.554. The summed E-state index contributed by atoms with van der Waals surface area (Å²) in [6.07, 6.45) is 0. The first-order chi connectivity index (χ1) is 6.09. The molecule has 1 aromatic carbocycles. The number of benzene rings is 1.